The lowest BCUT2D eigenvalue weighted by atomic mass is 9.82. The van der Waals surface area contributed by atoms with Crippen LogP contribution < -0.4 is 15.0 Å². The van der Waals surface area contributed by atoms with E-state index < -0.39 is 6.17 Å². The van der Waals surface area contributed by atoms with Crippen LogP contribution in [0.4, 0.5) is 10.2 Å². The molecular weight excluding hydrogens is 423 g/mol. The molecule has 33 heavy (non-hydrogen) atoms. The van der Waals surface area contributed by atoms with Crippen molar-refractivity contribution in [1.29, 1.82) is 0 Å². The minimum atomic E-state index is -0.939. The SMILES string of the molecule is COc1cc(-c2ccc(-c3cnc(N(C)[C@@H]4CC5CCCC(N5)[C@@H]4F)cn3)c(O)c2)cnn1. The van der Waals surface area contributed by atoms with Crippen molar-refractivity contribution in [2.75, 3.05) is 19.1 Å². The number of piperidine rings is 2. The Morgan fingerprint density at radius 3 is 2.76 bits per heavy atom. The Hall–Kier alpha value is -3.33. The monoisotopic (exact) mass is 450 g/mol. The average molecular weight is 451 g/mol. The maximum Gasteiger partial charge on any atom is 0.233 e. The van der Waals surface area contributed by atoms with Crippen LogP contribution in [0.3, 0.4) is 0 Å². The molecule has 5 rings (SSSR count). The number of benzene rings is 1. The Bertz CT molecular complexity index is 1130. The first kappa shape index (κ1) is 21.5. The van der Waals surface area contributed by atoms with Crippen LogP contribution in [0.5, 0.6) is 11.6 Å². The van der Waals surface area contributed by atoms with Crippen molar-refractivity contribution in [3.8, 4) is 34.0 Å². The summed E-state index contributed by atoms with van der Waals surface area (Å²) in [6, 6.07) is 7.11. The number of anilines is 1. The van der Waals surface area contributed by atoms with Gasteiger partial charge in [-0.2, -0.15) is 5.10 Å². The van der Waals surface area contributed by atoms with Gasteiger partial charge in [0, 0.05) is 36.3 Å². The van der Waals surface area contributed by atoms with E-state index in [0.717, 1.165) is 36.8 Å². The first-order chi connectivity index (χ1) is 16.0. The Balaban J connectivity index is 1.35. The van der Waals surface area contributed by atoms with Crippen molar-refractivity contribution < 1.29 is 14.2 Å². The fourth-order valence-corrected chi connectivity index (χ4v) is 4.90. The second-order valence-corrected chi connectivity index (χ2v) is 8.74. The van der Waals surface area contributed by atoms with Crippen LogP contribution in [0.15, 0.2) is 42.9 Å². The normalized spacial score (nSPS) is 24.3. The van der Waals surface area contributed by atoms with Crippen molar-refractivity contribution in [1.82, 2.24) is 25.5 Å². The molecule has 2 N–H and O–H groups in total. The van der Waals surface area contributed by atoms with E-state index in [9.17, 15) is 5.11 Å². The van der Waals surface area contributed by atoms with Gasteiger partial charge in [-0.15, -0.1) is 5.10 Å². The predicted octanol–water partition coefficient (Wildman–Crippen LogP) is 3.37. The second-order valence-electron chi connectivity index (χ2n) is 8.74. The minimum absolute atomic E-state index is 0.0775. The number of nitrogens with one attached hydrogen (secondary N) is 1. The van der Waals surface area contributed by atoms with E-state index in [2.05, 4.69) is 25.5 Å². The van der Waals surface area contributed by atoms with Crippen LogP contribution in [0.1, 0.15) is 25.7 Å². The van der Waals surface area contributed by atoms with E-state index in [4.69, 9.17) is 4.74 Å². The molecular formula is C24H27FN6O2. The largest absolute Gasteiger partial charge is 0.507 e. The van der Waals surface area contributed by atoms with Gasteiger partial charge in [0.05, 0.1) is 37.4 Å². The number of rotatable bonds is 5. The molecule has 4 atom stereocenters. The number of alkyl halides is 1. The molecule has 8 nitrogen and oxygen atoms in total. The van der Waals surface area contributed by atoms with Gasteiger partial charge in [0.1, 0.15) is 17.7 Å². The Morgan fingerprint density at radius 1 is 1.12 bits per heavy atom. The van der Waals surface area contributed by atoms with Gasteiger partial charge in [-0.25, -0.2) is 9.37 Å². The highest BCUT2D eigenvalue weighted by atomic mass is 19.1. The first-order valence-corrected chi connectivity index (χ1v) is 11.2. The van der Waals surface area contributed by atoms with E-state index in [-0.39, 0.29) is 17.8 Å². The molecule has 2 saturated heterocycles. The highest BCUT2D eigenvalue weighted by Gasteiger charge is 2.41. The molecule has 2 fully saturated rings. The third kappa shape index (κ3) is 4.20. The highest BCUT2D eigenvalue weighted by molar-refractivity contribution is 5.74. The fourth-order valence-electron chi connectivity index (χ4n) is 4.90. The van der Waals surface area contributed by atoms with Gasteiger partial charge in [0.15, 0.2) is 0 Å². The van der Waals surface area contributed by atoms with E-state index in [1.165, 1.54) is 7.11 Å². The number of hydrogen-bond donors (Lipinski definition) is 2. The number of phenolic OH excluding ortho intramolecular Hbond substituents is 1. The molecule has 0 amide bonds. The Kier molecular flexibility index (Phi) is 5.80. The molecule has 172 valence electrons. The van der Waals surface area contributed by atoms with Crippen molar-refractivity contribution in [3.05, 3.63) is 42.9 Å². The molecule has 2 aliphatic rings. The van der Waals surface area contributed by atoms with Gasteiger partial charge in [0.2, 0.25) is 5.88 Å². The summed E-state index contributed by atoms with van der Waals surface area (Å²) in [6.07, 6.45) is 7.74. The zero-order chi connectivity index (χ0) is 22.9. The molecule has 2 unspecified atom stereocenters. The van der Waals surface area contributed by atoms with E-state index in [1.54, 1.807) is 36.8 Å². The molecule has 0 aliphatic carbocycles. The zero-order valence-corrected chi connectivity index (χ0v) is 18.6. The first-order valence-electron chi connectivity index (χ1n) is 11.2. The van der Waals surface area contributed by atoms with E-state index >= 15 is 4.39 Å². The Morgan fingerprint density at radius 2 is 2.00 bits per heavy atom. The summed E-state index contributed by atoms with van der Waals surface area (Å²) in [5, 5.41) is 21.8. The maximum absolute atomic E-state index is 15.1. The van der Waals surface area contributed by atoms with Gasteiger partial charge in [-0.3, -0.25) is 4.98 Å². The average Bonchev–Trinajstić information content (AvgIpc) is 2.86. The number of halogens is 1. The molecule has 2 aromatic heterocycles. The van der Waals surface area contributed by atoms with Crippen LogP contribution in [0.25, 0.3) is 22.4 Å². The third-order valence-electron chi connectivity index (χ3n) is 6.74. The summed E-state index contributed by atoms with van der Waals surface area (Å²) < 4.78 is 20.2. The second kappa shape index (κ2) is 8.90. The van der Waals surface area contributed by atoms with Gasteiger partial charge in [-0.05, 0) is 37.0 Å². The van der Waals surface area contributed by atoms with Crippen molar-refractivity contribution >= 4 is 5.82 Å². The van der Waals surface area contributed by atoms with Crippen LogP contribution in [0.2, 0.25) is 0 Å². The smallest absolute Gasteiger partial charge is 0.233 e. The summed E-state index contributed by atoms with van der Waals surface area (Å²) in [5.41, 5.74) is 2.66. The molecule has 3 aromatic rings. The van der Waals surface area contributed by atoms with Gasteiger partial charge >= 0.3 is 0 Å². The molecule has 0 saturated carbocycles. The number of phenols is 1. The van der Waals surface area contributed by atoms with E-state index in [0.29, 0.717) is 29.0 Å². The van der Waals surface area contributed by atoms with Crippen LogP contribution in [-0.2, 0) is 0 Å². The fraction of sp³-hybridized carbons (Fsp3) is 0.417. The molecule has 2 bridgehead atoms. The molecule has 2 aliphatic heterocycles. The lowest BCUT2D eigenvalue weighted by Crippen LogP contribution is -2.61. The Labute approximate surface area is 191 Å². The maximum atomic E-state index is 15.1. The number of methoxy groups -OCH3 is 1. The summed E-state index contributed by atoms with van der Waals surface area (Å²) >= 11 is 0. The number of aromatic nitrogens is 4. The number of fused-ring (bicyclic) bond motifs is 2. The summed E-state index contributed by atoms with van der Waals surface area (Å²) in [6.45, 7) is 0. The lowest BCUT2D eigenvalue weighted by molar-refractivity contribution is 0.107. The minimum Gasteiger partial charge on any atom is -0.507 e. The highest BCUT2D eigenvalue weighted by Crippen LogP contribution is 2.34. The summed E-state index contributed by atoms with van der Waals surface area (Å²) in [4.78, 5) is 10.9. The van der Waals surface area contributed by atoms with Gasteiger partial charge in [0.25, 0.3) is 0 Å². The molecule has 0 spiro atoms. The van der Waals surface area contributed by atoms with Crippen molar-refractivity contribution in [2.24, 2.45) is 0 Å². The molecule has 4 heterocycles. The zero-order valence-electron chi connectivity index (χ0n) is 18.6. The number of nitrogens with zero attached hydrogens (tertiary/aromatic N) is 5. The van der Waals surface area contributed by atoms with Crippen LogP contribution in [0, 0.1) is 0 Å². The van der Waals surface area contributed by atoms with Crippen LogP contribution >= 0.6 is 0 Å². The summed E-state index contributed by atoms with van der Waals surface area (Å²) in [5.74, 6) is 1.10. The standard InChI is InChI=1S/C24H27FN6O2/c1-31(20-10-16-4-3-5-18(29-16)24(20)25)22-13-26-19(12-27-22)17-7-6-14(8-21(17)32)15-9-23(33-2)30-28-11-15/h6-9,11-13,16,18,20,24,29,32H,3-5,10H2,1-2H3/t16?,18?,20-,24+/m1/s1. The molecule has 9 heteroatoms. The van der Waals surface area contributed by atoms with Crippen molar-refractivity contribution in [2.45, 2.75) is 50.0 Å². The predicted molar refractivity (Wildman–Crippen MR) is 123 cm³/mol. The number of ether oxygens (including phenoxy) is 1. The molecule has 1 aromatic carbocycles. The summed E-state index contributed by atoms with van der Waals surface area (Å²) in [7, 11) is 3.41. The lowest BCUT2D eigenvalue weighted by Gasteiger charge is -2.46. The topological polar surface area (TPSA) is 96.3 Å². The quantitative estimate of drug-likeness (QED) is 0.611. The number of aromatic hydroxyl groups is 1. The van der Waals surface area contributed by atoms with Crippen LogP contribution in [-0.4, -0.2) is 63.7 Å². The third-order valence-corrected chi connectivity index (χ3v) is 6.74. The van der Waals surface area contributed by atoms with Gasteiger partial charge in [-0.1, -0.05) is 12.5 Å². The number of hydrogen-bond acceptors (Lipinski definition) is 8. The van der Waals surface area contributed by atoms with Gasteiger partial charge < -0.3 is 20.1 Å². The van der Waals surface area contributed by atoms with Crippen molar-refractivity contribution in [3.63, 3.8) is 0 Å². The van der Waals surface area contributed by atoms with E-state index in [1.807, 2.05) is 18.0 Å². The molecule has 0 radical (unpaired) electrons.